The maximum absolute atomic E-state index is 12.6. The quantitative estimate of drug-likeness (QED) is 0.890. The Balaban J connectivity index is 1.53. The number of rotatable bonds is 5. The van der Waals surface area contributed by atoms with Gasteiger partial charge >= 0.3 is 0 Å². The summed E-state index contributed by atoms with van der Waals surface area (Å²) >= 11 is 1.94. The van der Waals surface area contributed by atoms with Crippen molar-refractivity contribution in [3.8, 4) is 0 Å². The Kier molecular flexibility index (Phi) is 5.61. The summed E-state index contributed by atoms with van der Waals surface area (Å²) in [4.78, 5) is 15.8. The molecule has 1 aliphatic heterocycles. The third-order valence-corrected chi connectivity index (χ3v) is 5.72. The number of carbonyl (C=O) groups is 1. The Morgan fingerprint density at radius 1 is 1.33 bits per heavy atom. The third kappa shape index (κ3) is 4.20. The normalized spacial score (nSPS) is 15.7. The Morgan fingerprint density at radius 3 is 2.83 bits per heavy atom. The van der Waals surface area contributed by atoms with Crippen LogP contribution in [0.4, 0.5) is 0 Å². The van der Waals surface area contributed by atoms with Crippen LogP contribution in [0.2, 0.25) is 0 Å². The number of nitrogens with zero attached hydrogens (tertiary/aromatic N) is 2. The van der Waals surface area contributed by atoms with Crippen LogP contribution in [0.3, 0.4) is 0 Å². The van der Waals surface area contributed by atoms with Gasteiger partial charge in [0.15, 0.2) is 0 Å². The first-order valence-corrected chi connectivity index (χ1v) is 9.60. The second-order valence-corrected chi connectivity index (χ2v) is 7.83. The lowest BCUT2D eigenvalue weighted by atomic mass is 10.1. The van der Waals surface area contributed by atoms with E-state index in [1.54, 1.807) is 0 Å². The van der Waals surface area contributed by atoms with Crippen LogP contribution in [0, 0.1) is 6.92 Å². The summed E-state index contributed by atoms with van der Waals surface area (Å²) in [5.74, 6) is 0.0626. The third-order valence-electron chi connectivity index (χ3n) is 4.39. The highest BCUT2D eigenvalue weighted by atomic mass is 32.2. The standard InChI is InChI=1S/C19H25N3OS/c1-3-5-15-13-18(21-20-15)19(23)22-10-8-16(9-11-22)24-17-7-4-6-14(2)12-17/h4,6-7,12-13,16H,3,5,8-11H2,1-2H3,(H,20,21). The second kappa shape index (κ2) is 7.88. The molecule has 0 atom stereocenters. The Hall–Kier alpha value is -1.75. The maximum atomic E-state index is 12.6. The zero-order valence-electron chi connectivity index (χ0n) is 14.4. The smallest absolute Gasteiger partial charge is 0.274 e. The second-order valence-electron chi connectivity index (χ2n) is 6.45. The molecule has 1 saturated heterocycles. The van der Waals surface area contributed by atoms with Crippen LogP contribution < -0.4 is 0 Å². The molecule has 4 nitrogen and oxygen atoms in total. The van der Waals surface area contributed by atoms with E-state index in [0.29, 0.717) is 10.9 Å². The van der Waals surface area contributed by atoms with Crippen molar-refractivity contribution in [3.05, 3.63) is 47.3 Å². The molecule has 0 bridgehead atoms. The fourth-order valence-electron chi connectivity index (χ4n) is 3.09. The van der Waals surface area contributed by atoms with Crippen molar-refractivity contribution >= 4 is 17.7 Å². The minimum absolute atomic E-state index is 0.0626. The number of aryl methyl sites for hydroxylation is 2. The van der Waals surface area contributed by atoms with Crippen LogP contribution in [0.15, 0.2) is 35.2 Å². The highest BCUT2D eigenvalue weighted by molar-refractivity contribution is 8.00. The van der Waals surface area contributed by atoms with Gasteiger partial charge in [-0.2, -0.15) is 5.10 Å². The first kappa shape index (κ1) is 17.1. The molecule has 2 aromatic rings. The molecular formula is C19H25N3OS. The molecule has 1 N–H and O–H groups in total. The van der Waals surface area contributed by atoms with Gasteiger partial charge < -0.3 is 4.90 Å². The van der Waals surface area contributed by atoms with E-state index < -0.39 is 0 Å². The first-order valence-electron chi connectivity index (χ1n) is 8.72. The van der Waals surface area contributed by atoms with Crippen molar-refractivity contribution in [1.82, 2.24) is 15.1 Å². The molecule has 0 saturated carbocycles. The minimum Gasteiger partial charge on any atom is -0.337 e. The zero-order valence-corrected chi connectivity index (χ0v) is 15.2. The molecule has 3 rings (SSSR count). The van der Waals surface area contributed by atoms with Crippen molar-refractivity contribution < 1.29 is 4.79 Å². The van der Waals surface area contributed by atoms with Crippen LogP contribution in [0.1, 0.15) is 47.9 Å². The topological polar surface area (TPSA) is 49.0 Å². The molecule has 128 valence electrons. The van der Waals surface area contributed by atoms with Gasteiger partial charge in [0.05, 0.1) is 0 Å². The number of benzene rings is 1. The van der Waals surface area contributed by atoms with Crippen LogP contribution in [0.5, 0.6) is 0 Å². The summed E-state index contributed by atoms with van der Waals surface area (Å²) in [5, 5.41) is 7.75. The summed E-state index contributed by atoms with van der Waals surface area (Å²) < 4.78 is 0. The lowest BCUT2D eigenvalue weighted by Crippen LogP contribution is -2.39. The number of aromatic amines is 1. The summed E-state index contributed by atoms with van der Waals surface area (Å²) in [7, 11) is 0. The van der Waals surface area contributed by atoms with Gasteiger partial charge in [0.25, 0.3) is 5.91 Å². The number of thioether (sulfide) groups is 1. The van der Waals surface area contributed by atoms with Gasteiger partial charge in [-0.15, -0.1) is 11.8 Å². The molecule has 1 aliphatic rings. The van der Waals surface area contributed by atoms with E-state index in [0.717, 1.165) is 44.5 Å². The lowest BCUT2D eigenvalue weighted by Gasteiger charge is -2.31. The van der Waals surface area contributed by atoms with Gasteiger partial charge in [-0.25, -0.2) is 0 Å². The van der Waals surface area contributed by atoms with E-state index in [-0.39, 0.29) is 5.91 Å². The maximum Gasteiger partial charge on any atom is 0.274 e. The highest BCUT2D eigenvalue weighted by Crippen LogP contribution is 2.31. The van der Waals surface area contributed by atoms with E-state index in [9.17, 15) is 4.79 Å². The summed E-state index contributed by atoms with van der Waals surface area (Å²) in [6.45, 7) is 5.89. The molecule has 2 heterocycles. The van der Waals surface area contributed by atoms with Gasteiger partial charge in [0.1, 0.15) is 5.69 Å². The number of aromatic nitrogens is 2. The van der Waals surface area contributed by atoms with Gasteiger partial charge in [0.2, 0.25) is 0 Å². The Morgan fingerprint density at radius 2 is 2.12 bits per heavy atom. The monoisotopic (exact) mass is 343 g/mol. The van der Waals surface area contributed by atoms with Crippen LogP contribution >= 0.6 is 11.8 Å². The van der Waals surface area contributed by atoms with Gasteiger partial charge in [-0.05, 0) is 44.4 Å². The summed E-state index contributed by atoms with van der Waals surface area (Å²) in [6, 6.07) is 10.6. The van der Waals surface area contributed by atoms with Crippen molar-refractivity contribution in [2.75, 3.05) is 13.1 Å². The minimum atomic E-state index is 0.0626. The van der Waals surface area contributed by atoms with Crippen LogP contribution in [-0.2, 0) is 6.42 Å². The highest BCUT2D eigenvalue weighted by Gasteiger charge is 2.25. The van der Waals surface area contributed by atoms with Gasteiger partial charge in [0, 0.05) is 28.9 Å². The molecule has 1 amide bonds. The van der Waals surface area contributed by atoms with E-state index >= 15 is 0 Å². The number of H-pyrrole nitrogens is 1. The molecule has 0 radical (unpaired) electrons. The van der Waals surface area contributed by atoms with Crippen LogP contribution in [-0.4, -0.2) is 39.3 Å². The predicted octanol–water partition coefficient (Wildman–Crippen LogP) is 4.07. The number of likely N-dealkylation sites (tertiary alicyclic amines) is 1. The van der Waals surface area contributed by atoms with Gasteiger partial charge in [-0.3, -0.25) is 9.89 Å². The average Bonchev–Trinajstić information content (AvgIpc) is 3.04. The molecule has 1 aromatic carbocycles. The van der Waals surface area contributed by atoms with E-state index in [1.807, 2.05) is 22.7 Å². The van der Waals surface area contributed by atoms with Crippen molar-refractivity contribution in [3.63, 3.8) is 0 Å². The average molecular weight is 343 g/mol. The molecule has 0 unspecified atom stereocenters. The fraction of sp³-hybridized carbons (Fsp3) is 0.474. The molecule has 5 heteroatoms. The molecule has 0 spiro atoms. The molecule has 1 aromatic heterocycles. The molecular weight excluding hydrogens is 318 g/mol. The first-order chi connectivity index (χ1) is 11.7. The van der Waals surface area contributed by atoms with E-state index in [2.05, 4.69) is 48.3 Å². The Bertz CT molecular complexity index is 689. The zero-order chi connectivity index (χ0) is 16.9. The van der Waals surface area contributed by atoms with Crippen molar-refractivity contribution in [1.29, 1.82) is 0 Å². The number of hydrogen-bond donors (Lipinski definition) is 1. The predicted molar refractivity (Wildman–Crippen MR) is 98.5 cm³/mol. The van der Waals surface area contributed by atoms with E-state index in [4.69, 9.17) is 0 Å². The fourth-order valence-corrected chi connectivity index (χ4v) is 4.33. The number of carbonyl (C=O) groups excluding carboxylic acids is 1. The number of amides is 1. The van der Waals surface area contributed by atoms with Crippen molar-refractivity contribution in [2.24, 2.45) is 0 Å². The number of nitrogens with one attached hydrogen (secondary N) is 1. The largest absolute Gasteiger partial charge is 0.337 e. The Labute approximate surface area is 148 Å². The number of piperidine rings is 1. The van der Waals surface area contributed by atoms with Crippen LogP contribution in [0.25, 0.3) is 0 Å². The lowest BCUT2D eigenvalue weighted by molar-refractivity contribution is 0.0721. The summed E-state index contributed by atoms with van der Waals surface area (Å²) in [5.41, 5.74) is 2.91. The van der Waals surface area contributed by atoms with Gasteiger partial charge in [-0.1, -0.05) is 31.0 Å². The summed E-state index contributed by atoms with van der Waals surface area (Å²) in [6.07, 6.45) is 4.07. The molecule has 1 fully saturated rings. The SMILES string of the molecule is CCCc1cc(C(=O)N2CCC(Sc3cccc(C)c3)CC2)n[nH]1. The molecule has 0 aliphatic carbocycles. The number of hydrogen-bond acceptors (Lipinski definition) is 3. The molecule has 24 heavy (non-hydrogen) atoms. The van der Waals surface area contributed by atoms with E-state index in [1.165, 1.54) is 10.5 Å². The van der Waals surface area contributed by atoms with Crippen molar-refractivity contribution in [2.45, 2.75) is 49.7 Å².